The number of nitrogens with zero attached hydrogens (tertiary/aromatic N) is 4. The van der Waals surface area contributed by atoms with Gasteiger partial charge >= 0.3 is 0 Å². The lowest BCUT2D eigenvalue weighted by atomic mass is 10.2. The highest BCUT2D eigenvalue weighted by Gasteiger charge is 2.23. The summed E-state index contributed by atoms with van der Waals surface area (Å²) in [5, 5.41) is 8.42. The molecule has 6 heteroatoms. The lowest BCUT2D eigenvalue weighted by Gasteiger charge is -2.26. The minimum atomic E-state index is -0.0748. The molecule has 0 N–H and O–H groups in total. The minimum Gasteiger partial charge on any atom is -0.378 e. The number of morpholine rings is 1. The summed E-state index contributed by atoms with van der Waals surface area (Å²) in [6, 6.07) is 12.0. The van der Waals surface area contributed by atoms with Crippen molar-refractivity contribution < 1.29 is 9.53 Å². The third kappa shape index (κ3) is 2.66. The van der Waals surface area contributed by atoms with E-state index in [1.54, 1.807) is 11.0 Å². The molecular weight excluding hydrogens is 292 g/mol. The number of amides is 1. The predicted molar refractivity (Wildman–Crippen MR) is 85.9 cm³/mol. The van der Waals surface area contributed by atoms with E-state index < -0.39 is 0 Å². The van der Waals surface area contributed by atoms with Gasteiger partial charge in [-0.3, -0.25) is 4.79 Å². The Morgan fingerprint density at radius 2 is 1.83 bits per heavy atom. The van der Waals surface area contributed by atoms with Crippen molar-refractivity contribution in [2.75, 3.05) is 37.7 Å². The zero-order valence-electron chi connectivity index (χ0n) is 12.8. The van der Waals surface area contributed by atoms with Gasteiger partial charge in [0.05, 0.1) is 13.2 Å². The third-order valence-corrected chi connectivity index (χ3v) is 4.33. The second kappa shape index (κ2) is 5.96. The highest BCUT2D eigenvalue weighted by Crippen LogP contribution is 2.32. The fourth-order valence-electron chi connectivity index (χ4n) is 3.09. The third-order valence-electron chi connectivity index (χ3n) is 4.33. The molecule has 1 amide bonds. The number of carbonyl (C=O) groups excluding carboxylic acids is 1. The second-order valence-corrected chi connectivity index (χ2v) is 5.71. The molecule has 3 heterocycles. The van der Waals surface area contributed by atoms with Crippen LogP contribution in [0.1, 0.15) is 16.1 Å². The summed E-state index contributed by atoms with van der Waals surface area (Å²) in [6.45, 7) is 3.29. The Bertz CT molecular complexity index is 711. The number of hydrogen-bond donors (Lipinski definition) is 0. The maximum atomic E-state index is 12.4. The van der Waals surface area contributed by atoms with E-state index in [0.717, 1.165) is 18.8 Å². The van der Waals surface area contributed by atoms with Crippen molar-refractivity contribution in [3.63, 3.8) is 0 Å². The SMILES string of the molecule is O=C(c1ccc(N2CCc3ccccc32)nn1)N1CCOCC1. The first kappa shape index (κ1) is 14.1. The number of carbonyl (C=O) groups is 1. The van der Waals surface area contributed by atoms with E-state index in [9.17, 15) is 4.79 Å². The summed E-state index contributed by atoms with van der Waals surface area (Å²) in [4.78, 5) is 16.3. The van der Waals surface area contributed by atoms with Crippen molar-refractivity contribution in [2.24, 2.45) is 0 Å². The van der Waals surface area contributed by atoms with Gasteiger partial charge in [0.2, 0.25) is 0 Å². The Labute approximate surface area is 134 Å². The van der Waals surface area contributed by atoms with E-state index >= 15 is 0 Å². The number of benzene rings is 1. The molecule has 0 atom stereocenters. The Balaban J connectivity index is 1.53. The van der Waals surface area contributed by atoms with Crippen LogP contribution in [0.3, 0.4) is 0 Å². The summed E-state index contributed by atoms with van der Waals surface area (Å²) in [7, 11) is 0. The average Bonchev–Trinajstić information content (AvgIpc) is 3.06. The quantitative estimate of drug-likeness (QED) is 0.844. The number of anilines is 2. The molecule has 0 aliphatic carbocycles. The largest absolute Gasteiger partial charge is 0.378 e. The van der Waals surface area contributed by atoms with Crippen LogP contribution in [-0.4, -0.2) is 53.9 Å². The summed E-state index contributed by atoms with van der Waals surface area (Å²) < 4.78 is 5.27. The van der Waals surface area contributed by atoms with Crippen molar-refractivity contribution in [3.8, 4) is 0 Å². The van der Waals surface area contributed by atoms with Crippen LogP contribution in [0.4, 0.5) is 11.5 Å². The van der Waals surface area contributed by atoms with Crippen molar-refractivity contribution in [1.82, 2.24) is 15.1 Å². The summed E-state index contributed by atoms with van der Waals surface area (Å²) in [5.74, 6) is 0.711. The standard InChI is InChI=1S/C17H18N4O2/c22-17(20-9-11-23-12-10-20)14-5-6-16(19-18-14)21-8-7-13-3-1-2-4-15(13)21/h1-6H,7-12H2. The molecule has 0 spiro atoms. The maximum Gasteiger partial charge on any atom is 0.274 e. The lowest BCUT2D eigenvalue weighted by Crippen LogP contribution is -2.41. The van der Waals surface area contributed by atoms with Crippen LogP contribution in [0, 0.1) is 0 Å². The molecule has 0 unspecified atom stereocenters. The molecule has 2 aromatic rings. The summed E-state index contributed by atoms with van der Waals surface area (Å²) in [6.07, 6.45) is 1.01. The second-order valence-electron chi connectivity index (χ2n) is 5.71. The Hall–Kier alpha value is -2.47. The zero-order chi connectivity index (χ0) is 15.6. The van der Waals surface area contributed by atoms with Gasteiger partial charge in [0, 0.05) is 25.3 Å². The normalized spacial score (nSPS) is 17.2. The number of para-hydroxylation sites is 1. The average molecular weight is 310 g/mol. The van der Waals surface area contributed by atoms with Crippen LogP contribution >= 0.6 is 0 Å². The molecule has 1 fully saturated rings. The number of ether oxygens (including phenoxy) is 1. The van der Waals surface area contributed by atoms with Gasteiger partial charge in [-0.05, 0) is 30.2 Å². The predicted octanol–water partition coefficient (Wildman–Crippen LogP) is 1.64. The lowest BCUT2D eigenvalue weighted by molar-refractivity contribution is 0.0298. The molecule has 23 heavy (non-hydrogen) atoms. The first-order valence-electron chi connectivity index (χ1n) is 7.89. The first-order chi connectivity index (χ1) is 11.3. The number of fused-ring (bicyclic) bond motifs is 1. The number of aromatic nitrogens is 2. The van der Waals surface area contributed by atoms with E-state index in [-0.39, 0.29) is 5.91 Å². The highest BCUT2D eigenvalue weighted by atomic mass is 16.5. The Kier molecular flexibility index (Phi) is 3.67. The molecule has 2 aliphatic heterocycles. The molecule has 118 valence electrons. The van der Waals surface area contributed by atoms with Gasteiger partial charge in [0.25, 0.3) is 5.91 Å². The molecule has 4 rings (SSSR count). The van der Waals surface area contributed by atoms with Gasteiger partial charge < -0.3 is 14.5 Å². The van der Waals surface area contributed by atoms with Gasteiger partial charge in [-0.2, -0.15) is 0 Å². The van der Waals surface area contributed by atoms with E-state index in [1.165, 1.54) is 11.3 Å². The smallest absolute Gasteiger partial charge is 0.274 e. The van der Waals surface area contributed by atoms with Gasteiger partial charge in [-0.25, -0.2) is 0 Å². The van der Waals surface area contributed by atoms with Crippen molar-refractivity contribution >= 4 is 17.4 Å². The molecule has 2 aliphatic rings. The molecule has 1 aromatic carbocycles. The van der Waals surface area contributed by atoms with Crippen LogP contribution in [0.15, 0.2) is 36.4 Å². The summed E-state index contributed by atoms with van der Waals surface area (Å²) >= 11 is 0. The highest BCUT2D eigenvalue weighted by molar-refractivity contribution is 5.92. The van der Waals surface area contributed by atoms with Crippen LogP contribution in [0.2, 0.25) is 0 Å². The van der Waals surface area contributed by atoms with Gasteiger partial charge in [0.15, 0.2) is 11.5 Å². The zero-order valence-corrected chi connectivity index (χ0v) is 12.8. The van der Waals surface area contributed by atoms with Crippen LogP contribution < -0.4 is 4.90 Å². The van der Waals surface area contributed by atoms with E-state index in [4.69, 9.17) is 4.74 Å². The van der Waals surface area contributed by atoms with Crippen LogP contribution in [0.25, 0.3) is 0 Å². The van der Waals surface area contributed by atoms with Crippen molar-refractivity contribution in [1.29, 1.82) is 0 Å². The number of hydrogen-bond acceptors (Lipinski definition) is 5. The van der Waals surface area contributed by atoms with Crippen LogP contribution in [0.5, 0.6) is 0 Å². The van der Waals surface area contributed by atoms with Crippen molar-refractivity contribution in [2.45, 2.75) is 6.42 Å². The summed E-state index contributed by atoms with van der Waals surface area (Å²) in [5.41, 5.74) is 2.89. The topological polar surface area (TPSA) is 58.6 Å². The molecule has 0 radical (unpaired) electrons. The Morgan fingerprint density at radius 3 is 2.61 bits per heavy atom. The molecule has 6 nitrogen and oxygen atoms in total. The maximum absolute atomic E-state index is 12.4. The molecule has 0 bridgehead atoms. The van der Waals surface area contributed by atoms with Gasteiger partial charge in [-0.1, -0.05) is 18.2 Å². The van der Waals surface area contributed by atoms with E-state index in [1.807, 2.05) is 12.1 Å². The van der Waals surface area contributed by atoms with Crippen molar-refractivity contribution in [3.05, 3.63) is 47.7 Å². The fraction of sp³-hybridized carbons (Fsp3) is 0.353. The van der Waals surface area contributed by atoms with Gasteiger partial charge in [0.1, 0.15) is 0 Å². The minimum absolute atomic E-state index is 0.0748. The van der Waals surface area contributed by atoms with Gasteiger partial charge in [-0.15, -0.1) is 10.2 Å². The fourth-order valence-corrected chi connectivity index (χ4v) is 3.09. The van der Waals surface area contributed by atoms with E-state index in [0.29, 0.717) is 32.0 Å². The molecule has 0 saturated carbocycles. The number of rotatable bonds is 2. The molecule has 1 saturated heterocycles. The van der Waals surface area contributed by atoms with E-state index in [2.05, 4.69) is 33.3 Å². The molecular formula is C17H18N4O2. The first-order valence-corrected chi connectivity index (χ1v) is 7.89. The van der Waals surface area contributed by atoms with Crippen LogP contribution in [-0.2, 0) is 11.2 Å². The Morgan fingerprint density at radius 1 is 1.00 bits per heavy atom. The monoisotopic (exact) mass is 310 g/mol. The molecule has 1 aromatic heterocycles.